The number of hydrogen-bond donors (Lipinski definition) is 0. The van der Waals surface area contributed by atoms with Gasteiger partial charge in [-0.15, -0.1) is 0 Å². The van der Waals surface area contributed by atoms with Crippen LogP contribution in [0.2, 0.25) is 5.02 Å². The van der Waals surface area contributed by atoms with E-state index in [1.807, 2.05) is 0 Å². The van der Waals surface area contributed by atoms with E-state index in [2.05, 4.69) is 0 Å². The first kappa shape index (κ1) is 15.0. The molecule has 0 spiro atoms. The van der Waals surface area contributed by atoms with E-state index in [1.165, 1.54) is 18.2 Å². The Morgan fingerprint density at radius 2 is 1.81 bits per heavy atom. The summed E-state index contributed by atoms with van der Waals surface area (Å²) in [5.74, 6) is -0.755. The number of hydrogen-bond acceptors (Lipinski definition) is 4. The normalized spacial score (nSPS) is 11.7. The van der Waals surface area contributed by atoms with Crippen molar-refractivity contribution in [2.75, 3.05) is 0 Å². The maximum Gasteiger partial charge on any atom is 0.345 e. The van der Waals surface area contributed by atoms with E-state index in [4.69, 9.17) is 16.3 Å². The van der Waals surface area contributed by atoms with Crippen molar-refractivity contribution >= 4 is 23.3 Å². The molecule has 2 aromatic carbocycles. The maximum atomic E-state index is 12.1. The zero-order chi connectivity index (χ0) is 15.4. The Bertz CT molecular complexity index is 687. The molecule has 0 aromatic heterocycles. The van der Waals surface area contributed by atoms with Crippen molar-refractivity contribution in [3.8, 4) is 0 Å². The van der Waals surface area contributed by atoms with Gasteiger partial charge in [0.05, 0.1) is 4.92 Å². The number of para-hydroxylation sites is 1. The monoisotopic (exact) mass is 305 g/mol. The average Bonchev–Trinajstić information content (AvgIpc) is 2.47. The molecule has 0 bridgehead atoms. The molecule has 6 heteroatoms. The molecular weight excluding hydrogens is 294 g/mol. The summed E-state index contributed by atoms with van der Waals surface area (Å²) in [5, 5.41) is 11.4. The van der Waals surface area contributed by atoms with Gasteiger partial charge >= 0.3 is 5.97 Å². The molecule has 0 fully saturated rings. The quantitative estimate of drug-likeness (QED) is 0.483. The van der Waals surface area contributed by atoms with Gasteiger partial charge in [0.1, 0.15) is 11.7 Å². The molecule has 0 radical (unpaired) electrons. The van der Waals surface area contributed by atoms with Crippen LogP contribution in [0, 0.1) is 10.1 Å². The Morgan fingerprint density at radius 1 is 1.19 bits per heavy atom. The lowest BCUT2D eigenvalue weighted by Gasteiger charge is -2.14. The molecule has 1 unspecified atom stereocenters. The maximum absolute atomic E-state index is 12.1. The molecule has 0 saturated carbocycles. The van der Waals surface area contributed by atoms with Gasteiger partial charge in [0.25, 0.3) is 5.69 Å². The minimum absolute atomic E-state index is 0.0820. The van der Waals surface area contributed by atoms with E-state index in [9.17, 15) is 14.9 Å². The van der Waals surface area contributed by atoms with Crippen LogP contribution in [0.4, 0.5) is 5.69 Å². The highest BCUT2D eigenvalue weighted by Gasteiger charge is 2.23. The predicted molar refractivity (Wildman–Crippen MR) is 78.4 cm³/mol. The number of carbonyl (C=O) groups excluding carboxylic acids is 1. The largest absolute Gasteiger partial charge is 0.454 e. The summed E-state index contributed by atoms with van der Waals surface area (Å²) in [4.78, 5) is 22.4. The Labute approximate surface area is 126 Å². The van der Waals surface area contributed by atoms with Crippen molar-refractivity contribution in [2.45, 2.75) is 13.0 Å². The van der Waals surface area contributed by atoms with Gasteiger partial charge in [-0.1, -0.05) is 41.9 Å². The fourth-order valence-corrected chi connectivity index (χ4v) is 2.19. The third kappa shape index (κ3) is 3.38. The van der Waals surface area contributed by atoms with Crippen LogP contribution in [-0.4, -0.2) is 10.9 Å². The van der Waals surface area contributed by atoms with Crippen molar-refractivity contribution in [2.24, 2.45) is 0 Å². The first-order valence-corrected chi connectivity index (χ1v) is 6.57. The highest BCUT2D eigenvalue weighted by Crippen LogP contribution is 2.27. The Hall–Kier alpha value is -2.40. The third-order valence-electron chi connectivity index (χ3n) is 2.95. The van der Waals surface area contributed by atoms with E-state index < -0.39 is 17.0 Å². The summed E-state index contributed by atoms with van der Waals surface area (Å²) in [5.41, 5.74) is 0.279. The number of nitro benzene ring substituents is 1. The summed E-state index contributed by atoms with van der Waals surface area (Å²) in [7, 11) is 0. The second-order valence-electron chi connectivity index (χ2n) is 4.34. The van der Waals surface area contributed by atoms with E-state index in [-0.39, 0.29) is 11.3 Å². The standard InChI is InChI=1S/C15H12ClNO4/c1-10(11-6-2-4-8-13(11)16)21-15(18)12-7-3-5-9-14(12)17(19)20/h2-10H,1H3. The summed E-state index contributed by atoms with van der Waals surface area (Å²) >= 11 is 6.03. The van der Waals surface area contributed by atoms with Gasteiger partial charge in [0.2, 0.25) is 0 Å². The molecule has 108 valence electrons. The highest BCUT2D eigenvalue weighted by atomic mass is 35.5. The molecule has 2 aromatic rings. The molecule has 0 N–H and O–H groups in total. The molecule has 2 rings (SSSR count). The SMILES string of the molecule is CC(OC(=O)c1ccccc1[N+](=O)[O-])c1ccccc1Cl. The lowest BCUT2D eigenvalue weighted by molar-refractivity contribution is -0.385. The molecule has 5 nitrogen and oxygen atoms in total. The smallest absolute Gasteiger partial charge is 0.345 e. The fraction of sp³-hybridized carbons (Fsp3) is 0.133. The van der Waals surface area contributed by atoms with Crippen LogP contribution in [0.15, 0.2) is 48.5 Å². The lowest BCUT2D eigenvalue weighted by Crippen LogP contribution is -2.11. The average molecular weight is 306 g/mol. The minimum atomic E-state index is -0.755. The van der Waals surface area contributed by atoms with Gasteiger partial charge in [-0.25, -0.2) is 4.79 Å². The number of nitro groups is 1. The first-order chi connectivity index (χ1) is 10.0. The molecule has 21 heavy (non-hydrogen) atoms. The van der Waals surface area contributed by atoms with Crippen molar-refractivity contribution in [3.63, 3.8) is 0 Å². The number of benzene rings is 2. The third-order valence-corrected chi connectivity index (χ3v) is 3.29. The molecule has 0 heterocycles. The molecular formula is C15H12ClNO4. The minimum Gasteiger partial charge on any atom is -0.454 e. The lowest BCUT2D eigenvalue weighted by atomic mass is 10.1. The summed E-state index contributed by atoms with van der Waals surface area (Å²) in [6.45, 7) is 1.66. The van der Waals surface area contributed by atoms with Crippen molar-refractivity contribution in [3.05, 3.63) is 74.8 Å². The number of halogens is 1. The van der Waals surface area contributed by atoms with Crippen LogP contribution in [0.25, 0.3) is 0 Å². The molecule has 0 saturated heterocycles. The van der Waals surface area contributed by atoms with Gasteiger partial charge in [-0.3, -0.25) is 10.1 Å². The van der Waals surface area contributed by atoms with Gasteiger partial charge < -0.3 is 4.74 Å². The van der Waals surface area contributed by atoms with Crippen molar-refractivity contribution in [1.29, 1.82) is 0 Å². The van der Waals surface area contributed by atoms with Crippen LogP contribution in [0.3, 0.4) is 0 Å². The van der Waals surface area contributed by atoms with E-state index in [1.54, 1.807) is 37.3 Å². The molecule has 0 aliphatic heterocycles. The number of ether oxygens (including phenoxy) is 1. The van der Waals surface area contributed by atoms with E-state index in [0.29, 0.717) is 10.6 Å². The molecule has 0 aliphatic rings. The zero-order valence-corrected chi connectivity index (χ0v) is 11.9. The first-order valence-electron chi connectivity index (χ1n) is 6.19. The summed E-state index contributed by atoms with van der Waals surface area (Å²) < 4.78 is 5.27. The Kier molecular flexibility index (Phi) is 4.55. The van der Waals surface area contributed by atoms with Crippen LogP contribution in [0.1, 0.15) is 28.9 Å². The predicted octanol–water partition coefficient (Wildman–Crippen LogP) is 4.17. The van der Waals surface area contributed by atoms with Crippen LogP contribution in [0.5, 0.6) is 0 Å². The zero-order valence-electron chi connectivity index (χ0n) is 11.2. The second-order valence-corrected chi connectivity index (χ2v) is 4.75. The fourth-order valence-electron chi connectivity index (χ4n) is 1.90. The van der Waals surface area contributed by atoms with Crippen molar-refractivity contribution < 1.29 is 14.5 Å². The highest BCUT2D eigenvalue weighted by molar-refractivity contribution is 6.31. The van der Waals surface area contributed by atoms with Crippen LogP contribution >= 0.6 is 11.6 Å². The summed E-state index contributed by atoms with van der Waals surface area (Å²) in [6, 6.07) is 12.6. The van der Waals surface area contributed by atoms with Gasteiger partial charge in [0, 0.05) is 16.7 Å². The van der Waals surface area contributed by atoms with E-state index >= 15 is 0 Å². The van der Waals surface area contributed by atoms with Gasteiger partial charge in [-0.05, 0) is 19.1 Å². The van der Waals surface area contributed by atoms with E-state index in [0.717, 1.165) is 0 Å². The van der Waals surface area contributed by atoms with Gasteiger partial charge in [0.15, 0.2) is 0 Å². The number of carbonyl (C=O) groups is 1. The Morgan fingerprint density at radius 3 is 2.48 bits per heavy atom. The van der Waals surface area contributed by atoms with Crippen LogP contribution < -0.4 is 0 Å². The topological polar surface area (TPSA) is 69.4 Å². The molecule has 0 amide bonds. The second kappa shape index (κ2) is 6.37. The van der Waals surface area contributed by atoms with Gasteiger partial charge in [-0.2, -0.15) is 0 Å². The Balaban J connectivity index is 2.23. The van der Waals surface area contributed by atoms with Crippen LogP contribution in [-0.2, 0) is 4.74 Å². The van der Waals surface area contributed by atoms with Crippen molar-refractivity contribution in [1.82, 2.24) is 0 Å². The molecule has 0 aliphatic carbocycles. The summed E-state index contributed by atoms with van der Waals surface area (Å²) in [6.07, 6.45) is -0.606. The molecule has 1 atom stereocenters. The number of rotatable bonds is 4. The number of esters is 1. The number of nitrogens with zero attached hydrogens (tertiary/aromatic N) is 1.